The molecule has 1 aliphatic heterocycles. The smallest absolute Gasteiger partial charge is 0.170 e. The minimum atomic E-state index is 1.03. The second-order valence-corrected chi connectivity index (χ2v) is 1.55. The van der Waals surface area contributed by atoms with E-state index in [9.17, 15) is 0 Å². The summed E-state index contributed by atoms with van der Waals surface area (Å²) in [5.74, 6) is 2.06. The van der Waals surface area contributed by atoms with E-state index in [0.29, 0.717) is 0 Å². The van der Waals surface area contributed by atoms with Crippen LogP contribution in [0.3, 0.4) is 0 Å². The van der Waals surface area contributed by atoms with Crippen molar-refractivity contribution in [1.29, 1.82) is 0 Å². The van der Waals surface area contributed by atoms with E-state index in [1.54, 1.807) is 0 Å². The van der Waals surface area contributed by atoms with E-state index >= 15 is 0 Å². The van der Waals surface area contributed by atoms with Gasteiger partial charge in [0.1, 0.15) is 0 Å². The van der Waals surface area contributed by atoms with Crippen molar-refractivity contribution < 1.29 is 4.74 Å². The minimum absolute atomic E-state index is 1.03. The van der Waals surface area contributed by atoms with Crippen molar-refractivity contribution in [2.24, 2.45) is 0 Å². The number of fused-ring (bicyclic) bond motifs is 1. The zero-order valence-corrected chi connectivity index (χ0v) is 3.72. The predicted molar refractivity (Wildman–Crippen MR) is 26.5 cm³/mol. The molecule has 0 fully saturated rings. The van der Waals surface area contributed by atoms with E-state index in [1.807, 2.05) is 24.3 Å². The summed E-state index contributed by atoms with van der Waals surface area (Å²) in [6.45, 7) is 0. The Labute approximate surface area is 41.5 Å². The Kier molecular flexibility index (Phi) is 0.355. The molecule has 1 aliphatic rings. The Morgan fingerprint density at radius 2 is 1.57 bits per heavy atom. The van der Waals surface area contributed by atoms with Gasteiger partial charge in [-0.3, -0.25) is 0 Å². The van der Waals surface area contributed by atoms with Gasteiger partial charge in [-0.05, 0) is 12.1 Å². The largest absolute Gasteiger partial charge is 0.450 e. The second kappa shape index (κ2) is 0.808. The summed E-state index contributed by atoms with van der Waals surface area (Å²) in [6.07, 6.45) is 0. The molecule has 0 bridgehead atoms. The summed E-state index contributed by atoms with van der Waals surface area (Å²) in [4.78, 5) is 0. The molecule has 1 nitrogen and oxygen atoms in total. The first-order valence-corrected chi connectivity index (χ1v) is 2.24. The van der Waals surface area contributed by atoms with E-state index in [1.165, 1.54) is 0 Å². The van der Waals surface area contributed by atoms with E-state index in [0.717, 1.165) is 11.5 Å². The standard InChI is InChI=1S/C6H4O/c1-2-4-6-5(3-1)7-6/h1-4H. The molecule has 0 amide bonds. The number of hydrogen-bond acceptors (Lipinski definition) is 1. The summed E-state index contributed by atoms with van der Waals surface area (Å²) in [5, 5.41) is 0. The Bertz CT molecular complexity index is 172. The summed E-state index contributed by atoms with van der Waals surface area (Å²) in [5.41, 5.74) is 0. The molecule has 1 heterocycles. The number of rotatable bonds is 0. The quantitative estimate of drug-likeness (QED) is 0.451. The Hall–Kier alpha value is -0.980. The van der Waals surface area contributed by atoms with Crippen LogP contribution < -0.4 is 4.74 Å². The zero-order chi connectivity index (χ0) is 4.69. The van der Waals surface area contributed by atoms with E-state index in [2.05, 4.69) is 0 Å². The van der Waals surface area contributed by atoms with Crippen LogP contribution in [0.5, 0.6) is 11.5 Å². The predicted octanol–water partition coefficient (Wildman–Crippen LogP) is 1.79. The first-order chi connectivity index (χ1) is 3.47. The van der Waals surface area contributed by atoms with Gasteiger partial charge in [-0.1, -0.05) is 12.1 Å². The van der Waals surface area contributed by atoms with Crippen molar-refractivity contribution >= 4 is 0 Å². The number of ether oxygens (including phenoxy) is 1. The van der Waals surface area contributed by atoms with Crippen LogP contribution in [0.15, 0.2) is 24.3 Å². The summed E-state index contributed by atoms with van der Waals surface area (Å²) in [6, 6.07) is 7.84. The molecule has 0 N–H and O–H groups in total. The number of hydrogen-bond donors (Lipinski definition) is 0. The molecule has 1 heteroatoms. The SMILES string of the molecule is c1ccc2c(c1)O2. The van der Waals surface area contributed by atoms with Crippen LogP contribution in [0.1, 0.15) is 0 Å². The van der Waals surface area contributed by atoms with Crippen molar-refractivity contribution in [3.63, 3.8) is 0 Å². The average Bonchev–Trinajstić information content (AvgIpc) is 2.41. The van der Waals surface area contributed by atoms with Gasteiger partial charge in [-0.2, -0.15) is 0 Å². The van der Waals surface area contributed by atoms with Gasteiger partial charge in [0.25, 0.3) is 0 Å². The van der Waals surface area contributed by atoms with Crippen LogP contribution in [0.25, 0.3) is 0 Å². The lowest BCUT2D eigenvalue weighted by Gasteiger charge is -1.61. The van der Waals surface area contributed by atoms with Crippen molar-refractivity contribution in [3.8, 4) is 11.5 Å². The van der Waals surface area contributed by atoms with Gasteiger partial charge < -0.3 is 4.74 Å². The topological polar surface area (TPSA) is 12.5 Å². The van der Waals surface area contributed by atoms with Crippen molar-refractivity contribution in [2.75, 3.05) is 0 Å². The van der Waals surface area contributed by atoms with Gasteiger partial charge in [-0.15, -0.1) is 0 Å². The molecule has 1 aromatic carbocycles. The maximum absolute atomic E-state index is 4.94. The van der Waals surface area contributed by atoms with Crippen LogP contribution >= 0.6 is 0 Å². The van der Waals surface area contributed by atoms with Crippen molar-refractivity contribution in [2.45, 2.75) is 0 Å². The molecular formula is C6H4O. The lowest BCUT2D eigenvalue weighted by atomic mass is 10.4. The molecule has 0 spiro atoms. The van der Waals surface area contributed by atoms with Gasteiger partial charge in [0, 0.05) is 0 Å². The van der Waals surface area contributed by atoms with E-state index in [4.69, 9.17) is 4.74 Å². The third-order valence-electron chi connectivity index (χ3n) is 1.03. The molecule has 0 radical (unpaired) electrons. The van der Waals surface area contributed by atoms with Gasteiger partial charge in [0.2, 0.25) is 0 Å². The van der Waals surface area contributed by atoms with Gasteiger partial charge in [0.15, 0.2) is 11.5 Å². The Morgan fingerprint density at radius 1 is 1.00 bits per heavy atom. The molecule has 0 unspecified atom stereocenters. The highest BCUT2D eigenvalue weighted by molar-refractivity contribution is 5.53. The molecule has 0 aromatic heterocycles. The first kappa shape index (κ1) is 3.08. The summed E-state index contributed by atoms with van der Waals surface area (Å²) < 4.78 is 4.94. The molecule has 1 aromatic rings. The minimum Gasteiger partial charge on any atom is -0.450 e. The summed E-state index contributed by atoms with van der Waals surface area (Å²) >= 11 is 0. The van der Waals surface area contributed by atoms with Crippen LogP contribution in [0.2, 0.25) is 0 Å². The molecule has 0 saturated carbocycles. The van der Waals surface area contributed by atoms with Crippen LogP contribution in [-0.2, 0) is 0 Å². The molecular weight excluding hydrogens is 88.1 g/mol. The fourth-order valence-electron chi connectivity index (χ4n) is 0.611. The highest BCUT2D eigenvalue weighted by Gasteiger charge is 2.15. The van der Waals surface area contributed by atoms with Crippen LogP contribution in [0.4, 0.5) is 0 Å². The second-order valence-electron chi connectivity index (χ2n) is 1.55. The fourth-order valence-corrected chi connectivity index (χ4v) is 0.611. The van der Waals surface area contributed by atoms with Gasteiger partial charge in [0.05, 0.1) is 0 Å². The van der Waals surface area contributed by atoms with Crippen LogP contribution in [-0.4, -0.2) is 0 Å². The molecule has 2 rings (SSSR count). The Balaban J connectivity index is 2.73. The lowest BCUT2D eigenvalue weighted by molar-refractivity contribution is 0.650. The average molecular weight is 92.1 g/mol. The highest BCUT2D eigenvalue weighted by Crippen LogP contribution is 2.43. The van der Waals surface area contributed by atoms with E-state index in [-0.39, 0.29) is 0 Å². The zero-order valence-electron chi connectivity index (χ0n) is 3.72. The first-order valence-electron chi connectivity index (χ1n) is 2.24. The third kappa shape index (κ3) is 0.317. The maximum Gasteiger partial charge on any atom is 0.170 e. The normalized spacial score (nSPS) is 12.0. The van der Waals surface area contributed by atoms with Crippen LogP contribution in [0, 0.1) is 0 Å². The summed E-state index contributed by atoms with van der Waals surface area (Å²) in [7, 11) is 0. The third-order valence-corrected chi connectivity index (χ3v) is 1.03. The lowest BCUT2D eigenvalue weighted by Crippen LogP contribution is -1.37. The maximum atomic E-state index is 4.94. The van der Waals surface area contributed by atoms with Gasteiger partial charge in [-0.25, -0.2) is 0 Å². The molecule has 7 heavy (non-hydrogen) atoms. The fraction of sp³-hybridized carbons (Fsp3) is 0. The van der Waals surface area contributed by atoms with E-state index < -0.39 is 0 Å². The van der Waals surface area contributed by atoms with Crippen molar-refractivity contribution in [3.05, 3.63) is 24.3 Å². The molecule has 0 atom stereocenters. The Morgan fingerprint density at radius 3 is 2.00 bits per heavy atom. The molecule has 34 valence electrons. The van der Waals surface area contributed by atoms with Crippen molar-refractivity contribution in [1.82, 2.24) is 0 Å². The number of para-hydroxylation sites is 2. The van der Waals surface area contributed by atoms with Gasteiger partial charge >= 0.3 is 0 Å². The molecule has 0 aliphatic carbocycles. The molecule has 0 saturated heterocycles. The number of benzene rings is 1. The monoisotopic (exact) mass is 92.0 g/mol. The highest BCUT2D eigenvalue weighted by atomic mass is 16.6.